The van der Waals surface area contributed by atoms with Gasteiger partial charge in [0.25, 0.3) is 0 Å². The van der Waals surface area contributed by atoms with Crippen LogP contribution in [0.5, 0.6) is 0 Å². The lowest BCUT2D eigenvalue weighted by molar-refractivity contribution is -0.138. The van der Waals surface area contributed by atoms with Crippen LogP contribution in [0.3, 0.4) is 0 Å². The van der Waals surface area contributed by atoms with Gasteiger partial charge in [-0.3, -0.25) is 4.79 Å². The van der Waals surface area contributed by atoms with E-state index in [2.05, 4.69) is 5.32 Å². The van der Waals surface area contributed by atoms with Gasteiger partial charge < -0.3 is 20.9 Å². The van der Waals surface area contributed by atoms with E-state index in [-0.39, 0.29) is 12.5 Å². The lowest BCUT2D eigenvalue weighted by atomic mass is 10.1. The molecule has 0 saturated heterocycles. The molecule has 0 saturated carbocycles. The number of hydrogen-bond donors (Lipinski definition) is 3. The molecule has 0 spiro atoms. The molecule has 4 N–H and O–H groups in total. The summed E-state index contributed by atoms with van der Waals surface area (Å²) in [4.78, 5) is 21.8. The first-order chi connectivity index (χ1) is 7.11. The van der Waals surface area contributed by atoms with Crippen molar-refractivity contribution < 1.29 is 19.4 Å². The van der Waals surface area contributed by atoms with Crippen molar-refractivity contribution in [3.05, 3.63) is 0 Å². The third kappa shape index (κ3) is 7.05. The van der Waals surface area contributed by atoms with Crippen LogP contribution in [0.2, 0.25) is 0 Å². The summed E-state index contributed by atoms with van der Waals surface area (Å²) < 4.78 is 5.01. The molecule has 6 nitrogen and oxygen atoms in total. The first kappa shape index (κ1) is 14.7. The first-order valence-electron chi connectivity index (χ1n) is 5.09. The van der Waals surface area contributed by atoms with Crippen molar-refractivity contribution in [3.8, 4) is 0 Å². The fraction of sp³-hybridized carbons (Fsp3) is 0.800. The lowest BCUT2D eigenvalue weighted by Gasteiger charge is -2.22. The molecule has 0 aliphatic rings. The Morgan fingerprint density at radius 1 is 1.44 bits per heavy atom. The molecule has 0 heterocycles. The molecule has 94 valence electrons. The normalized spacial score (nSPS) is 15.1. The Balaban J connectivity index is 4.01. The van der Waals surface area contributed by atoms with Crippen molar-refractivity contribution in [2.24, 2.45) is 5.73 Å². The van der Waals surface area contributed by atoms with E-state index in [4.69, 9.17) is 15.6 Å². The van der Waals surface area contributed by atoms with Gasteiger partial charge in [-0.2, -0.15) is 0 Å². The maximum absolute atomic E-state index is 11.3. The Morgan fingerprint density at radius 3 is 2.31 bits per heavy atom. The predicted octanol–water partition coefficient (Wildman–Crippen LogP) is 0.702. The Labute approximate surface area is 95.1 Å². The highest BCUT2D eigenvalue weighted by Gasteiger charge is 2.20. The van der Waals surface area contributed by atoms with E-state index in [9.17, 15) is 9.59 Å². The van der Waals surface area contributed by atoms with Crippen LogP contribution in [0, 0.1) is 0 Å². The molecule has 0 radical (unpaired) electrons. The molecule has 0 aromatic carbocycles. The molecular formula is C10H20N2O4. The molecule has 0 rings (SSSR count). The number of carbonyl (C=O) groups excluding carboxylic acids is 1. The number of ether oxygens (including phenoxy) is 1. The number of hydrogen-bond acceptors (Lipinski definition) is 4. The summed E-state index contributed by atoms with van der Waals surface area (Å²) in [7, 11) is 0. The van der Waals surface area contributed by atoms with Crippen LogP contribution in [-0.2, 0) is 9.53 Å². The average molecular weight is 232 g/mol. The summed E-state index contributed by atoms with van der Waals surface area (Å²) in [5, 5.41) is 11.1. The number of carboxylic acids is 1. The summed E-state index contributed by atoms with van der Waals surface area (Å²) in [6.45, 7) is 6.92. The fourth-order valence-corrected chi connectivity index (χ4v) is 1.05. The molecule has 6 heteroatoms. The highest BCUT2D eigenvalue weighted by Crippen LogP contribution is 2.07. The number of aliphatic carboxylic acids is 1. The van der Waals surface area contributed by atoms with E-state index in [1.807, 2.05) is 0 Å². The first-order valence-corrected chi connectivity index (χ1v) is 5.09. The summed E-state index contributed by atoms with van der Waals surface area (Å²) in [5.74, 6) is -1.09. The second kappa shape index (κ2) is 5.69. The van der Waals surface area contributed by atoms with Crippen LogP contribution in [0.1, 0.15) is 34.1 Å². The number of nitrogens with two attached hydrogens (primary N) is 1. The minimum Gasteiger partial charge on any atom is -0.480 e. The molecule has 0 aromatic rings. The highest BCUT2D eigenvalue weighted by molar-refractivity contribution is 5.73. The van der Waals surface area contributed by atoms with E-state index >= 15 is 0 Å². The maximum atomic E-state index is 11.3. The Bertz CT molecular complexity index is 260. The number of amides is 1. The van der Waals surface area contributed by atoms with Gasteiger partial charge in [0.1, 0.15) is 11.6 Å². The quantitative estimate of drug-likeness (QED) is 0.662. The Morgan fingerprint density at radius 2 is 1.94 bits per heavy atom. The zero-order chi connectivity index (χ0) is 12.9. The number of nitrogens with one attached hydrogen (secondary N) is 1. The number of carboxylic acid groups (broad SMARTS) is 1. The largest absolute Gasteiger partial charge is 0.480 e. The monoisotopic (exact) mass is 232 g/mol. The predicted molar refractivity (Wildman–Crippen MR) is 59.1 cm³/mol. The maximum Gasteiger partial charge on any atom is 0.407 e. The van der Waals surface area contributed by atoms with Crippen molar-refractivity contribution in [3.63, 3.8) is 0 Å². The zero-order valence-corrected chi connectivity index (χ0v) is 10.1. The van der Waals surface area contributed by atoms with Crippen molar-refractivity contribution in [1.29, 1.82) is 0 Å². The third-order valence-corrected chi connectivity index (χ3v) is 1.69. The summed E-state index contributed by atoms with van der Waals surface area (Å²) in [6.07, 6.45) is -0.410. The molecular weight excluding hydrogens is 212 g/mol. The van der Waals surface area contributed by atoms with Crippen molar-refractivity contribution >= 4 is 12.1 Å². The Kier molecular flexibility index (Phi) is 5.23. The zero-order valence-electron chi connectivity index (χ0n) is 10.1. The summed E-state index contributed by atoms with van der Waals surface area (Å²) in [5.41, 5.74) is 4.76. The topological polar surface area (TPSA) is 102 Å². The van der Waals surface area contributed by atoms with Gasteiger partial charge in [0.2, 0.25) is 0 Å². The molecule has 0 fully saturated rings. The molecule has 0 bridgehead atoms. The SMILES string of the molecule is CC(C[C@H](N)C(=O)O)NC(=O)OC(C)(C)C. The van der Waals surface area contributed by atoms with Gasteiger partial charge in [-0.05, 0) is 34.1 Å². The van der Waals surface area contributed by atoms with E-state index in [0.717, 1.165) is 0 Å². The van der Waals surface area contributed by atoms with Crippen LogP contribution in [0.4, 0.5) is 4.79 Å². The summed E-state index contributed by atoms with van der Waals surface area (Å²) >= 11 is 0. The van der Waals surface area contributed by atoms with Crippen molar-refractivity contribution in [2.45, 2.75) is 51.8 Å². The van der Waals surface area contributed by atoms with Gasteiger partial charge in [0.15, 0.2) is 0 Å². The van der Waals surface area contributed by atoms with Gasteiger partial charge in [-0.25, -0.2) is 4.79 Å². The minimum absolute atomic E-state index is 0.161. The van der Waals surface area contributed by atoms with E-state index in [1.165, 1.54) is 0 Å². The smallest absolute Gasteiger partial charge is 0.407 e. The number of carbonyl (C=O) groups is 2. The molecule has 0 aromatic heterocycles. The number of rotatable bonds is 4. The molecule has 1 amide bonds. The third-order valence-electron chi connectivity index (χ3n) is 1.69. The van der Waals surface area contributed by atoms with Crippen LogP contribution in [0.15, 0.2) is 0 Å². The van der Waals surface area contributed by atoms with E-state index in [0.29, 0.717) is 0 Å². The Hall–Kier alpha value is -1.30. The second-order valence-corrected chi connectivity index (χ2v) is 4.73. The molecule has 1 unspecified atom stereocenters. The van der Waals surface area contributed by atoms with Crippen molar-refractivity contribution in [1.82, 2.24) is 5.32 Å². The van der Waals surface area contributed by atoms with E-state index in [1.54, 1.807) is 27.7 Å². The molecule has 16 heavy (non-hydrogen) atoms. The minimum atomic E-state index is -1.09. The van der Waals surface area contributed by atoms with Crippen LogP contribution in [0.25, 0.3) is 0 Å². The average Bonchev–Trinajstić information content (AvgIpc) is 1.98. The number of alkyl carbamates (subject to hydrolysis) is 1. The second-order valence-electron chi connectivity index (χ2n) is 4.73. The standard InChI is InChI=1S/C10H20N2O4/c1-6(5-7(11)8(13)14)12-9(15)16-10(2,3)4/h6-7H,5,11H2,1-4H3,(H,12,15)(H,13,14)/t6?,7-/m0/s1. The van der Waals surface area contributed by atoms with Crippen LogP contribution >= 0.6 is 0 Å². The van der Waals surface area contributed by atoms with Gasteiger partial charge >= 0.3 is 12.1 Å². The fourth-order valence-electron chi connectivity index (χ4n) is 1.05. The highest BCUT2D eigenvalue weighted by atomic mass is 16.6. The van der Waals surface area contributed by atoms with Crippen LogP contribution in [-0.4, -0.2) is 34.9 Å². The lowest BCUT2D eigenvalue weighted by Crippen LogP contribution is -2.42. The van der Waals surface area contributed by atoms with E-state index < -0.39 is 23.7 Å². The summed E-state index contributed by atoms with van der Waals surface area (Å²) in [6, 6.07) is -1.33. The van der Waals surface area contributed by atoms with Gasteiger partial charge in [0, 0.05) is 6.04 Å². The van der Waals surface area contributed by atoms with Gasteiger partial charge in [-0.15, -0.1) is 0 Å². The van der Waals surface area contributed by atoms with Gasteiger partial charge in [0.05, 0.1) is 0 Å². The van der Waals surface area contributed by atoms with Crippen LogP contribution < -0.4 is 11.1 Å². The van der Waals surface area contributed by atoms with Crippen molar-refractivity contribution in [2.75, 3.05) is 0 Å². The molecule has 0 aliphatic heterocycles. The van der Waals surface area contributed by atoms with Gasteiger partial charge in [-0.1, -0.05) is 0 Å². The molecule has 2 atom stereocenters. The molecule has 0 aliphatic carbocycles.